The second kappa shape index (κ2) is 7.60. The molecule has 1 amide bonds. The summed E-state index contributed by atoms with van der Waals surface area (Å²) in [6.45, 7) is 4.79. The van der Waals surface area contributed by atoms with Gasteiger partial charge in [0.25, 0.3) is 0 Å². The van der Waals surface area contributed by atoms with Gasteiger partial charge >= 0.3 is 0 Å². The maximum absolute atomic E-state index is 11.9. The first-order valence-electron chi connectivity index (χ1n) is 7.30. The van der Waals surface area contributed by atoms with Gasteiger partial charge in [-0.2, -0.15) is 0 Å². The van der Waals surface area contributed by atoms with Gasteiger partial charge in [-0.1, -0.05) is 48.0 Å². The molecule has 0 heterocycles. The standard InChI is InChI=1S/C18H22N2O/c1-14-8-10-17(11-9-14)20-18(21)12-13-19-15(2)16-6-4-3-5-7-16/h3-11,15,19H,12-13H2,1-2H3,(H,20,21). The Bertz CT molecular complexity index is 564. The molecule has 0 aromatic heterocycles. The van der Waals surface area contributed by atoms with Crippen LogP contribution in [0.25, 0.3) is 0 Å². The van der Waals surface area contributed by atoms with Gasteiger partial charge in [0.2, 0.25) is 5.91 Å². The molecular weight excluding hydrogens is 260 g/mol. The molecule has 0 saturated carbocycles. The normalized spacial score (nSPS) is 11.9. The van der Waals surface area contributed by atoms with Crippen LogP contribution in [0, 0.1) is 6.92 Å². The highest BCUT2D eigenvalue weighted by atomic mass is 16.1. The van der Waals surface area contributed by atoms with Gasteiger partial charge in [-0.05, 0) is 31.5 Å². The molecule has 0 radical (unpaired) electrons. The van der Waals surface area contributed by atoms with Crippen LogP contribution in [0.3, 0.4) is 0 Å². The van der Waals surface area contributed by atoms with Gasteiger partial charge in [-0.15, -0.1) is 0 Å². The Morgan fingerprint density at radius 2 is 1.71 bits per heavy atom. The highest BCUT2D eigenvalue weighted by Crippen LogP contribution is 2.11. The molecule has 0 bridgehead atoms. The number of hydrogen-bond acceptors (Lipinski definition) is 2. The summed E-state index contributed by atoms with van der Waals surface area (Å²) in [5.74, 6) is 0.0339. The molecule has 2 N–H and O–H groups in total. The van der Waals surface area contributed by atoms with Gasteiger partial charge in [-0.25, -0.2) is 0 Å². The van der Waals surface area contributed by atoms with E-state index < -0.39 is 0 Å². The molecule has 0 aliphatic rings. The topological polar surface area (TPSA) is 41.1 Å². The first kappa shape index (κ1) is 15.3. The van der Waals surface area contributed by atoms with Crippen molar-refractivity contribution in [2.75, 3.05) is 11.9 Å². The lowest BCUT2D eigenvalue weighted by atomic mass is 10.1. The lowest BCUT2D eigenvalue weighted by Gasteiger charge is -2.14. The summed E-state index contributed by atoms with van der Waals surface area (Å²) in [6, 6.07) is 18.3. The van der Waals surface area contributed by atoms with Crippen molar-refractivity contribution < 1.29 is 4.79 Å². The highest BCUT2D eigenvalue weighted by Gasteiger charge is 2.06. The number of aryl methyl sites for hydroxylation is 1. The fourth-order valence-electron chi connectivity index (χ4n) is 2.12. The van der Waals surface area contributed by atoms with Crippen molar-refractivity contribution >= 4 is 11.6 Å². The molecule has 0 aliphatic heterocycles. The zero-order valence-electron chi connectivity index (χ0n) is 12.6. The smallest absolute Gasteiger partial charge is 0.225 e. The molecule has 0 aliphatic carbocycles. The molecular formula is C18H22N2O. The van der Waals surface area contributed by atoms with Crippen LogP contribution in [0.1, 0.15) is 30.5 Å². The lowest BCUT2D eigenvalue weighted by molar-refractivity contribution is -0.116. The summed E-state index contributed by atoms with van der Waals surface area (Å²) < 4.78 is 0. The SMILES string of the molecule is Cc1ccc(NC(=O)CCNC(C)c2ccccc2)cc1. The number of nitrogens with one attached hydrogen (secondary N) is 2. The molecule has 0 spiro atoms. The van der Waals surface area contributed by atoms with Gasteiger partial charge in [0, 0.05) is 24.7 Å². The Morgan fingerprint density at radius 3 is 2.38 bits per heavy atom. The summed E-state index contributed by atoms with van der Waals surface area (Å²) in [5, 5.41) is 6.27. The lowest BCUT2D eigenvalue weighted by Crippen LogP contribution is -2.24. The molecule has 1 atom stereocenters. The van der Waals surface area contributed by atoms with Crippen LogP contribution in [0.5, 0.6) is 0 Å². The number of carbonyl (C=O) groups is 1. The predicted octanol–water partition coefficient (Wildman–Crippen LogP) is 3.67. The van der Waals surface area contributed by atoms with Gasteiger partial charge in [0.05, 0.1) is 0 Å². The molecule has 2 rings (SSSR count). The van der Waals surface area contributed by atoms with Crippen LogP contribution in [0.4, 0.5) is 5.69 Å². The third-order valence-corrected chi connectivity index (χ3v) is 3.44. The minimum Gasteiger partial charge on any atom is -0.326 e. The van der Waals surface area contributed by atoms with Crippen LogP contribution in [0.15, 0.2) is 54.6 Å². The van der Waals surface area contributed by atoms with Crippen LogP contribution < -0.4 is 10.6 Å². The number of hydrogen-bond donors (Lipinski definition) is 2. The molecule has 3 nitrogen and oxygen atoms in total. The first-order valence-corrected chi connectivity index (χ1v) is 7.30. The molecule has 0 fully saturated rings. The van der Waals surface area contributed by atoms with Gasteiger partial charge < -0.3 is 10.6 Å². The van der Waals surface area contributed by atoms with Crippen molar-refractivity contribution in [1.29, 1.82) is 0 Å². The number of amides is 1. The van der Waals surface area contributed by atoms with E-state index in [9.17, 15) is 4.79 Å². The number of rotatable bonds is 6. The number of anilines is 1. The van der Waals surface area contributed by atoms with E-state index >= 15 is 0 Å². The Hall–Kier alpha value is -2.13. The van der Waals surface area contributed by atoms with E-state index in [-0.39, 0.29) is 11.9 Å². The van der Waals surface area contributed by atoms with Crippen LogP contribution in [-0.4, -0.2) is 12.5 Å². The van der Waals surface area contributed by atoms with Crippen LogP contribution in [0.2, 0.25) is 0 Å². The third-order valence-electron chi connectivity index (χ3n) is 3.44. The third kappa shape index (κ3) is 5.04. The Kier molecular flexibility index (Phi) is 5.52. The zero-order valence-corrected chi connectivity index (χ0v) is 12.6. The molecule has 110 valence electrons. The van der Waals surface area contributed by atoms with E-state index in [1.165, 1.54) is 11.1 Å². The van der Waals surface area contributed by atoms with Crippen LogP contribution >= 0.6 is 0 Å². The molecule has 2 aromatic rings. The average Bonchev–Trinajstić information content (AvgIpc) is 2.50. The van der Waals surface area contributed by atoms with Crippen LogP contribution in [-0.2, 0) is 4.79 Å². The van der Waals surface area contributed by atoms with E-state index in [1.807, 2.05) is 49.4 Å². The van der Waals surface area contributed by atoms with Crippen molar-refractivity contribution in [2.24, 2.45) is 0 Å². The summed E-state index contributed by atoms with van der Waals surface area (Å²) in [4.78, 5) is 11.9. The minimum absolute atomic E-state index is 0.0339. The van der Waals surface area contributed by atoms with Gasteiger partial charge in [-0.3, -0.25) is 4.79 Å². The average molecular weight is 282 g/mol. The number of benzene rings is 2. The molecule has 2 aromatic carbocycles. The Morgan fingerprint density at radius 1 is 1.05 bits per heavy atom. The van der Waals surface area contributed by atoms with E-state index in [0.717, 1.165) is 5.69 Å². The molecule has 1 unspecified atom stereocenters. The number of carbonyl (C=O) groups excluding carboxylic acids is 1. The maximum atomic E-state index is 11.9. The Balaban J connectivity index is 1.73. The highest BCUT2D eigenvalue weighted by molar-refractivity contribution is 5.90. The predicted molar refractivity (Wildman–Crippen MR) is 87.3 cm³/mol. The van der Waals surface area contributed by atoms with E-state index in [4.69, 9.17) is 0 Å². The van der Waals surface area contributed by atoms with Crippen molar-refractivity contribution in [1.82, 2.24) is 5.32 Å². The summed E-state index contributed by atoms with van der Waals surface area (Å²) in [6.07, 6.45) is 0.463. The quantitative estimate of drug-likeness (QED) is 0.848. The first-order chi connectivity index (χ1) is 10.1. The summed E-state index contributed by atoms with van der Waals surface area (Å²) in [7, 11) is 0. The zero-order chi connectivity index (χ0) is 15.1. The fourth-order valence-corrected chi connectivity index (χ4v) is 2.12. The van der Waals surface area contributed by atoms with Gasteiger partial charge in [0.1, 0.15) is 0 Å². The van der Waals surface area contributed by atoms with E-state index in [0.29, 0.717) is 13.0 Å². The fraction of sp³-hybridized carbons (Fsp3) is 0.278. The van der Waals surface area contributed by atoms with E-state index in [2.05, 4.69) is 29.7 Å². The summed E-state index contributed by atoms with van der Waals surface area (Å²) in [5.41, 5.74) is 3.27. The van der Waals surface area contributed by atoms with Crippen molar-refractivity contribution in [3.8, 4) is 0 Å². The maximum Gasteiger partial charge on any atom is 0.225 e. The second-order valence-electron chi connectivity index (χ2n) is 5.25. The molecule has 3 heteroatoms. The molecule has 0 saturated heterocycles. The largest absolute Gasteiger partial charge is 0.326 e. The van der Waals surface area contributed by atoms with Crippen molar-refractivity contribution in [3.63, 3.8) is 0 Å². The minimum atomic E-state index is 0.0339. The monoisotopic (exact) mass is 282 g/mol. The second-order valence-corrected chi connectivity index (χ2v) is 5.25. The summed E-state index contributed by atoms with van der Waals surface area (Å²) >= 11 is 0. The van der Waals surface area contributed by atoms with E-state index in [1.54, 1.807) is 0 Å². The van der Waals surface area contributed by atoms with Crippen molar-refractivity contribution in [2.45, 2.75) is 26.3 Å². The van der Waals surface area contributed by atoms with Gasteiger partial charge in [0.15, 0.2) is 0 Å². The Labute approximate surface area is 126 Å². The van der Waals surface area contributed by atoms with Crippen molar-refractivity contribution in [3.05, 3.63) is 65.7 Å². The molecule has 21 heavy (non-hydrogen) atoms.